The van der Waals surface area contributed by atoms with Crippen molar-refractivity contribution in [3.05, 3.63) is 244 Å². The number of anilines is 1. The summed E-state index contributed by atoms with van der Waals surface area (Å²) in [6.07, 6.45) is 13.3. The molecular formula is C74H90B2N5O12S2+. The lowest BCUT2D eigenvalue weighted by molar-refractivity contribution is -0.438. The number of fused-ring (bicyclic) bond motifs is 2. The van der Waals surface area contributed by atoms with Gasteiger partial charge in [-0.1, -0.05) is 148 Å². The van der Waals surface area contributed by atoms with Gasteiger partial charge in [0.25, 0.3) is 20.2 Å². The number of unbranched alkanes of at least 4 members (excludes halogenated alkanes) is 2. The minimum absolute atomic E-state index is 0.198. The zero-order valence-electron chi connectivity index (χ0n) is 55.2. The Morgan fingerprint density at radius 1 is 0.632 bits per heavy atom. The fourth-order valence-electron chi connectivity index (χ4n) is 13.3. The highest BCUT2D eigenvalue weighted by molar-refractivity contribution is 7.86. The van der Waals surface area contributed by atoms with E-state index in [1.54, 1.807) is 31.2 Å². The first-order chi connectivity index (χ1) is 45.3. The molecule has 6 aromatic carbocycles. The van der Waals surface area contributed by atoms with Crippen LogP contribution in [-0.4, -0.2) is 124 Å². The SMILES string of the molecule is C=C(C)C(=O)NCCCN(Cc1ccc(CN(Cc2ccc(OC3=C(C=CC4=[N+](CCCCS(=O)(=O)O)c5ccccc5C4(C)C)CCCC3=CC=C3N(CCCCS(=O)(=O)O)c4ccccc4C3(C)C)cc2)Cc2ccccc2B(O)O)cc1)Cc1ccccc1B(O)O. The van der Waals surface area contributed by atoms with Crippen LogP contribution >= 0.6 is 0 Å². The number of carbonyl (C=O) groups excluding carboxylic acids is 1. The van der Waals surface area contributed by atoms with Gasteiger partial charge in [0.2, 0.25) is 11.6 Å². The van der Waals surface area contributed by atoms with Crippen molar-refractivity contribution in [3.63, 3.8) is 0 Å². The summed E-state index contributed by atoms with van der Waals surface area (Å²) >= 11 is 0. The topological polar surface area (TPSA) is 241 Å². The lowest BCUT2D eigenvalue weighted by Gasteiger charge is -2.27. The average molecular weight is 1330 g/mol. The van der Waals surface area contributed by atoms with Crippen molar-refractivity contribution in [1.82, 2.24) is 15.1 Å². The lowest BCUT2D eigenvalue weighted by Crippen LogP contribution is -2.36. The molecule has 6 aromatic rings. The Kier molecular flexibility index (Phi) is 24.2. The van der Waals surface area contributed by atoms with E-state index < -0.39 is 45.3 Å². The molecule has 9 rings (SSSR count). The van der Waals surface area contributed by atoms with Crippen LogP contribution in [0.4, 0.5) is 11.4 Å². The van der Waals surface area contributed by atoms with E-state index in [0.29, 0.717) is 113 Å². The third kappa shape index (κ3) is 19.2. The maximum Gasteiger partial charge on any atom is 0.488 e. The summed E-state index contributed by atoms with van der Waals surface area (Å²) in [7, 11) is -11.5. The highest BCUT2D eigenvalue weighted by Crippen LogP contribution is 2.48. The number of hydrogen-bond donors (Lipinski definition) is 7. The Balaban J connectivity index is 1.02. The van der Waals surface area contributed by atoms with Crippen molar-refractivity contribution < 1.29 is 60.1 Å². The van der Waals surface area contributed by atoms with Gasteiger partial charge in [-0.05, 0) is 152 Å². The van der Waals surface area contributed by atoms with Crippen LogP contribution in [0.5, 0.6) is 5.75 Å². The van der Waals surface area contributed by atoms with Crippen molar-refractivity contribution in [3.8, 4) is 5.75 Å². The molecule has 0 unspecified atom stereocenters. The van der Waals surface area contributed by atoms with Crippen LogP contribution in [0.2, 0.25) is 0 Å². The van der Waals surface area contributed by atoms with Crippen molar-refractivity contribution >= 4 is 68.4 Å². The van der Waals surface area contributed by atoms with Crippen LogP contribution in [0.15, 0.2) is 205 Å². The molecule has 1 amide bonds. The van der Waals surface area contributed by atoms with E-state index >= 15 is 0 Å². The van der Waals surface area contributed by atoms with E-state index in [4.69, 9.17) is 4.74 Å². The first-order valence-corrected chi connectivity index (χ1v) is 35.9. The zero-order chi connectivity index (χ0) is 68.1. The highest BCUT2D eigenvalue weighted by Gasteiger charge is 2.44. The van der Waals surface area contributed by atoms with E-state index in [1.807, 2.05) is 60.7 Å². The maximum absolute atomic E-state index is 12.3. The van der Waals surface area contributed by atoms with Crippen molar-refractivity contribution in [2.45, 2.75) is 130 Å². The molecule has 2 heterocycles. The van der Waals surface area contributed by atoms with Crippen LogP contribution in [0.25, 0.3) is 0 Å². The molecule has 0 bridgehead atoms. The molecule has 95 heavy (non-hydrogen) atoms. The number of nitrogens with one attached hydrogen (secondary N) is 1. The Morgan fingerprint density at radius 3 is 1.77 bits per heavy atom. The molecular weight excluding hydrogens is 1240 g/mol. The average Bonchev–Trinajstić information content (AvgIpc) is 1.61. The number of nitrogens with zero attached hydrogens (tertiary/aromatic N) is 4. The second-order valence-corrected chi connectivity index (χ2v) is 29.3. The molecule has 0 radical (unpaired) electrons. The molecule has 3 aliphatic rings. The monoisotopic (exact) mass is 1330 g/mol. The summed E-state index contributed by atoms with van der Waals surface area (Å²) < 4.78 is 75.5. The van der Waals surface area contributed by atoms with Gasteiger partial charge in [0.15, 0.2) is 5.71 Å². The van der Waals surface area contributed by atoms with Crippen molar-refractivity contribution in [2.24, 2.45) is 0 Å². The number of amides is 1. The molecule has 0 spiro atoms. The van der Waals surface area contributed by atoms with Crippen LogP contribution < -0.4 is 25.9 Å². The lowest BCUT2D eigenvalue weighted by atomic mass is 9.77. The fourth-order valence-corrected chi connectivity index (χ4v) is 14.4. The number of ether oxygens (including phenoxy) is 1. The fraction of sp³-hybridized carbons (Fsp3) is 0.351. The van der Waals surface area contributed by atoms with E-state index in [9.17, 15) is 50.8 Å². The summed E-state index contributed by atoms with van der Waals surface area (Å²) in [5.74, 6) is 0.533. The molecule has 1 aliphatic carbocycles. The van der Waals surface area contributed by atoms with Gasteiger partial charge >= 0.3 is 14.2 Å². The third-order valence-corrected chi connectivity index (χ3v) is 19.8. The Hall–Kier alpha value is -7.53. The largest absolute Gasteiger partial charge is 0.488 e. The van der Waals surface area contributed by atoms with Gasteiger partial charge in [-0.25, -0.2) is 0 Å². The summed E-state index contributed by atoms with van der Waals surface area (Å²) in [5, 5.41) is 44.3. The minimum atomic E-state index is -4.11. The molecule has 7 N–H and O–H groups in total. The Bertz CT molecular complexity index is 4110. The second-order valence-electron chi connectivity index (χ2n) is 26.2. The molecule has 21 heteroatoms. The van der Waals surface area contributed by atoms with Crippen LogP contribution in [0.3, 0.4) is 0 Å². The maximum atomic E-state index is 12.3. The summed E-state index contributed by atoms with van der Waals surface area (Å²) in [4.78, 5) is 19.0. The Morgan fingerprint density at radius 2 is 1.17 bits per heavy atom. The molecule has 17 nitrogen and oxygen atoms in total. The molecule has 0 atom stereocenters. The summed E-state index contributed by atoms with van der Waals surface area (Å²) in [6.45, 7) is 18.8. The molecule has 0 fully saturated rings. The van der Waals surface area contributed by atoms with Gasteiger partial charge in [0, 0.05) is 98.9 Å². The number of carbonyl (C=O) groups is 1. The number of allylic oxidation sites excluding steroid dienone is 7. The Labute approximate surface area is 562 Å². The van der Waals surface area contributed by atoms with Crippen molar-refractivity contribution in [1.29, 1.82) is 0 Å². The standard InChI is InChI=1S/C74H89B2N5O12S2/c1-54(2)72(82)77-43-20-44-78(52-60-21-7-11-27-65(60)75(83)84)49-55-31-33-56(34-32-55)50-79(53-61-22-8-12-28-66(61)76(85)86)51-57-35-39-62(40-36-57)93-71-58(37-41-69-73(3,4)63-25-9-13-29-67(63)80(69)45-15-17-47-94(87,88)89)23-19-24-59(71)38-42-70-74(5,6)64-26-10-14-30-68(64)81(70)46-16-18-48-95(90,91)92/h7-14,21-22,25-42,83-86H,1,15-20,23-24,43-53H2,2-6H3,(H2-,77,82,87,88,89,90,91,92)/p+1. The number of hydrogen-bond acceptors (Lipinski definition) is 13. The predicted molar refractivity (Wildman–Crippen MR) is 379 cm³/mol. The normalized spacial score (nSPS) is 16.2. The van der Waals surface area contributed by atoms with Crippen LogP contribution in [0, 0.1) is 0 Å². The first-order valence-electron chi connectivity index (χ1n) is 32.7. The molecule has 500 valence electrons. The van der Waals surface area contributed by atoms with Gasteiger partial charge < -0.3 is 35.0 Å². The van der Waals surface area contributed by atoms with E-state index in [-0.39, 0.29) is 17.4 Å². The molecule has 2 aliphatic heterocycles. The van der Waals surface area contributed by atoms with Gasteiger partial charge in [0.05, 0.1) is 16.9 Å². The van der Waals surface area contributed by atoms with Gasteiger partial charge in [-0.2, -0.15) is 21.4 Å². The van der Waals surface area contributed by atoms with Crippen molar-refractivity contribution in [2.75, 3.05) is 42.6 Å². The van der Waals surface area contributed by atoms with Crippen LogP contribution in [-0.2, 0) is 68.6 Å². The van der Waals surface area contributed by atoms with E-state index in [1.165, 1.54) is 0 Å². The molecule has 0 aromatic heterocycles. The van der Waals surface area contributed by atoms with E-state index in [0.717, 1.165) is 97.9 Å². The third-order valence-electron chi connectivity index (χ3n) is 18.2. The summed E-state index contributed by atoms with van der Waals surface area (Å²) in [6, 6.07) is 47.6. The van der Waals surface area contributed by atoms with E-state index in [2.05, 4.69) is 144 Å². The highest BCUT2D eigenvalue weighted by atomic mass is 32.2. The smallest absolute Gasteiger partial charge is 0.457 e. The van der Waals surface area contributed by atoms with Gasteiger partial charge in [-0.15, -0.1) is 0 Å². The molecule has 0 saturated carbocycles. The summed E-state index contributed by atoms with van der Waals surface area (Å²) in [5.41, 5.74) is 13.6. The predicted octanol–water partition coefficient (Wildman–Crippen LogP) is 9.73. The van der Waals surface area contributed by atoms with Gasteiger partial charge in [-0.3, -0.25) is 23.7 Å². The van der Waals surface area contributed by atoms with Crippen LogP contribution in [0.1, 0.15) is 125 Å². The quantitative estimate of drug-likeness (QED) is 0.00684. The number of rotatable bonds is 32. The zero-order valence-corrected chi connectivity index (χ0v) is 56.8. The minimum Gasteiger partial charge on any atom is -0.457 e. The number of para-hydroxylation sites is 2. The molecule has 0 saturated heterocycles. The van der Waals surface area contributed by atoms with Gasteiger partial charge in [0.1, 0.15) is 18.1 Å². The first kappa shape index (κ1) is 71.8. The number of benzene rings is 6. The second kappa shape index (κ2) is 32.0.